The van der Waals surface area contributed by atoms with E-state index in [2.05, 4.69) is 35.1 Å². The summed E-state index contributed by atoms with van der Waals surface area (Å²) in [4.78, 5) is 21.8. The number of aromatic nitrogens is 4. The molecule has 0 saturated carbocycles. The van der Waals surface area contributed by atoms with E-state index in [0.717, 1.165) is 44.5 Å². The van der Waals surface area contributed by atoms with Crippen LogP contribution in [0.1, 0.15) is 6.92 Å². The standard InChI is InChI=1S/C14H19N7/c1-2-15-13-16-7-4-12(19-13)20-8-10-21(11-9-20)14-17-5-3-6-18-14/h3-7H,2,8-11H2,1H3,(H,15,16,19). The second kappa shape index (κ2) is 6.34. The second-order valence-corrected chi connectivity index (χ2v) is 4.79. The molecule has 1 aliphatic heterocycles. The van der Waals surface area contributed by atoms with Crippen molar-refractivity contribution in [2.24, 2.45) is 0 Å². The maximum Gasteiger partial charge on any atom is 0.225 e. The van der Waals surface area contributed by atoms with E-state index in [0.29, 0.717) is 5.95 Å². The molecule has 1 fully saturated rings. The van der Waals surface area contributed by atoms with Crippen LogP contribution in [0.4, 0.5) is 17.7 Å². The summed E-state index contributed by atoms with van der Waals surface area (Å²) in [5, 5.41) is 3.14. The third-order valence-electron chi connectivity index (χ3n) is 3.41. The van der Waals surface area contributed by atoms with Crippen molar-refractivity contribution in [1.29, 1.82) is 0 Å². The Labute approximate surface area is 124 Å². The van der Waals surface area contributed by atoms with Gasteiger partial charge in [-0.2, -0.15) is 4.98 Å². The Morgan fingerprint density at radius 2 is 1.71 bits per heavy atom. The molecule has 0 atom stereocenters. The molecule has 3 heterocycles. The van der Waals surface area contributed by atoms with Crippen molar-refractivity contribution in [2.75, 3.05) is 47.8 Å². The van der Waals surface area contributed by atoms with E-state index in [1.165, 1.54) is 0 Å². The minimum Gasteiger partial charge on any atom is -0.354 e. The number of rotatable bonds is 4. The first-order valence-corrected chi connectivity index (χ1v) is 7.20. The molecule has 2 aromatic heterocycles. The largest absolute Gasteiger partial charge is 0.354 e. The molecule has 21 heavy (non-hydrogen) atoms. The second-order valence-electron chi connectivity index (χ2n) is 4.79. The fourth-order valence-electron chi connectivity index (χ4n) is 2.36. The highest BCUT2D eigenvalue weighted by Crippen LogP contribution is 2.16. The zero-order valence-corrected chi connectivity index (χ0v) is 12.1. The summed E-state index contributed by atoms with van der Waals surface area (Å²) in [6, 6.07) is 3.79. The predicted molar refractivity (Wildman–Crippen MR) is 82.7 cm³/mol. The maximum absolute atomic E-state index is 4.54. The van der Waals surface area contributed by atoms with Crippen LogP contribution in [-0.2, 0) is 0 Å². The molecule has 2 aromatic rings. The van der Waals surface area contributed by atoms with Gasteiger partial charge in [-0.25, -0.2) is 15.0 Å². The van der Waals surface area contributed by atoms with E-state index in [4.69, 9.17) is 0 Å². The van der Waals surface area contributed by atoms with E-state index in [1.807, 2.05) is 19.1 Å². The predicted octanol–water partition coefficient (Wildman–Crippen LogP) is 1.02. The summed E-state index contributed by atoms with van der Waals surface area (Å²) < 4.78 is 0. The van der Waals surface area contributed by atoms with Gasteiger partial charge >= 0.3 is 0 Å². The zero-order valence-electron chi connectivity index (χ0n) is 12.1. The van der Waals surface area contributed by atoms with Crippen LogP contribution in [0.15, 0.2) is 30.7 Å². The van der Waals surface area contributed by atoms with Crippen LogP contribution in [0.2, 0.25) is 0 Å². The molecule has 0 unspecified atom stereocenters. The highest BCUT2D eigenvalue weighted by atomic mass is 15.3. The van der Waals surface area contributed by atoms with Crippen molar-refractivity contribution < 1.29 is 0 Å². The van der Waals surface area contributed by atoms with E-state index in [1.54, 1.807) is 18.6 Å². The van der Waals surface area contributed by atoms with Crippen LogP contribution < -0.4 is 15.1 Å². The van der Waals surface area contributed by atoms with Gasteiger partial charge in [0.25, 0.3) is 0 Å². The SMILES string of the molecule is CCNc1nccc(N2CCN(c3ncccn3)CC2)n1. The molecule has 0 amide bonds. The Morgan fingerprint density at radius 1 is 1.00 bits per heavy atom. The Bertz CT molecular complexity index is 567. The quantitative estimate of drug-likeness (QED) is 0.899. The van der Waals surface area contributed by atoms with Crippen LogP contribution in [0.25, 0.3) is 0 Å². The molecule has 1 N–H and O–H groups in total. The van der Waals surface area contributed by atoms with Gasteiger partial charge in [0.1, 0.15) is 5.82 Å². The number of anilines is 3. The molecule has 0 spiro atoms. The smallest absolute Gasteiger partial charge is 0.225 e. The molecule has 110 valence electrons. The third-order valence-corrected chi connectivity index (χ3v) is 3.41. The van der Waals surface area contributed by atoms with Crippen LogP contribution >= 0.6 is 0 Å². The Hall–Kier alpha value is -2.44. The summed E-state index contributed by atoms with van der Waals surface area (Å²) >= 11 is 0. The first-order chi connectivity index (χ1) is 10.4. The highest BCUT2D eigenvalue weighted by molar-refractivity contribution is 5.44. The van der Waals surface area contributed by atoms with Crippen LogP contribution in [0.3, 0.4) is 0 Å². The Morgan fingerprint density at radius 3 is 2.43 bits per heavy atom. The lowest BCUT2D eigenvalue weighted by molar-refractivity contribution is 0.634. The highest BCUT2D eigenvalue weighted by Gasteiger charge is 2.19. The van der Waals surface area contributed by atoms with E-state index < -0.39 is 0 Å². The maximum atomic E-state index is 4.54. The number of nitrogens with one attached hydrogen (secondary N) is 1. The van der Waals surface area contributed by atoms with Crippen molar-refractivity contribution in [3.63, 3.8) is 0 Å². The number of nitrogens with zero attached hydrogens (tertiary/aromatic N) is 6. The van der Waals surface area contributed by atoms with Crippen molar-refractivity contribution in [3.05, 3.63) is 30.7 Å². The van der Waals surface area contributed by atoms with Gasteiger partial charge < -0.3 is 15.1 Å². The fraction of sp³-hybridized carbons (Fsp3) is 0.429. The first-order valence-electron chi connectivity index (χ1n) is 7.20. The van der Waals surface area contributed by atoms with Crippen molar-refractivity contribution >= 4 is 17.7 Å². The molecule has 0 radical (unpaired) electrons. The normalized spacial score (nSPS) is 15.1. The number of piperazine rings is 1. The molecular weight excluding hydrogens is 266 g/mol. The summed E-state index contributed by atoms with van der Waals surface area (Å²) in [6.45, 7) is 6.45. The van der Waals surface area contributed by atoms with Gasteiger partial charge in [0.2, 0.25) is 11.9 Å². The molecule has 7 nitrogen and oxygen atoms in total. The Balaban J connectivity index is 1.64. The minimum atomic E-state index is 0.684. The van der Waals surface area contributed by atoms with Gasteiger partial charge in [-0.05, 0) is 19.1 Å². The molecule has 7 heteroatoms. The van der Waals surface area contributed by atoms with Gasteiger partial charge in [-0.1, -0.05) is 0 Å². The molecule has 0 bridgehead atoms. The molecule has 1 saturated heterocycles. The van der Waals surface area contributed by atoms with Crippen molar-refractivity contribution in [2.45, 2.75) is 6.92 Å². The topological polar surface area (TPSA) is 70.1 Å². The number of hydrogen-bond acceptors (Lipinski definition) is 7. The summed E-state index contributed by atoms with van der Waals surface area (Å²) in [5.74, 6) is 2.45. The Kier molecular flexibility index (Phi) is 4.09. The van der Waals surface area contributed by atoms with Gasteiger partial charge in [0.15, 0.2) is 0 Å². The average Bonchev–Trinajstić information content (AvgIpc) is 2.56. The summed E-state index contributed by atoms with van der Waals surface area (Å²) in [5.41, 5.74) is 0. The fourth-order valence-corrected chi connectivity index (χ4v) is 2.36. The van der Waals surface area contributed by atoms with E-state index >= 15 is 0 Å². The van der Waals surface area contributed by atoms with Crippen LogP contribution in [0.5, 0.6) is 0 Å². The third kappa shape index (κ3) is 3.18. The molecular formula is C14H19N7. The lowest BCUT2D eigenvalue weighted by Crippen LogP contribution is -2.47. The van der Waals surface area contributed by atoms with Crippen molar-refractivity contribution in [1.82, 2.24) is 19.9 Å². The van der Waals surface area contributed by atoms with Crippen molar-refractivity contribution in [3.8, 4) is 0 Å². The summed E-state index contributed by atoms with van der Waals surface area (Å²) in [7, 11) is 0. The van der Waals surface area contributed by atoms with Gasteiger partial charge in [0.05, 0.1) is 0 Å². The molecule has 0 aromatic carbocycles. The van der Waals surface area contributed by atoms with Gasteiger partial charge in [-0.15, -0.1) is 0 Å². The average molecular weight is 285 g/mol. The lowest BCUT2D eigenvalue weighted by atomic mass is 10.3. The minimum absolute atomic E-state index is 0.684. The lowest BCUT2D eigenvalue weighted by Gasteiger charge is -2.35. The van der Waals surface area contributed by atoms with Gasteiger partial charge in [0, 0.05) is 51.3 Å². The van der Waals surface area contributed by atoms with E-state index in [-0.39, 0.29) is 0 Å². The molecule has 3 rings (SSSR count). The summed E-state index contributed by atoms with van der Waals surface area (Å²) in [6.07, 6.45) is 5.36. The van der Waals surface area contributed by atoms with Crippen LogP contribution in [-0.4, -0.2) is 52.7 Å². The van der Waals surface area contributed by atoms with E-state index in [9.17, 15) is 0 Å². The number of hydrogen-bond donors (Lipinski definition) is 1. The van der Waals surface area contributed by atoms with Crippen LogP contribution in [0, 0.1) is 0 Å². The first kappa shape index (κ1) is 13.5. The van der Waals surface area contributed by atoms with Gasteiger partial charge in [-0.3, -0.25) is 0 Å². The monoisotopic (exact) mass is 285 g/mol. The molecule has 0 aliphatic carbocycles. The molecule has 1 aliphatic rings. The zero-order chi connectivity index (χ0) is 14.5.